The molecule has 3 N–H and O–H groups in total. The zero-order valence-corrected chi connectivity index (χ0v) is 12.0. The van der Waals surface area contributed by atoms with Crippen molar-refractivity contribution in [1.82, 2.24) is 19.9 Å². The highest BCUT2D eigenvalue weighted by Crippen LogP contribution is 2.63. The number of nitrogens with zero attached hydrogens (tertiary/aromatic N) is 3. The van der Waals surface area contributed by atoms with Crippen molar-refractivity contribution in [3.8, 4) is 0 Å². The van der Waals surface area contributed by atoms with Crippen LogP contribution in [-0.4, -0.2) is 33.0 Å². The van der Waals surface area contributed by atoms with Crippen LogP contribution in [0.3, 0.4) is 0 Å². The summed E-state index contributed by atoms with van der Waals surface area (Å²) in [5, 5.41) is 6.51. The fourth-order valence-electron chi connectivity index (χ4n) is 2.74. The molecule has 1 aliphatic carbocycles. The number of nitrogens with one attached hydrogen (secondary N) is 3. The number of hydrogen-bond donors (Lipinski definition) is 3. The summed E-state index contributed by atoms with van der Waals surface area (Å²) in [4.78, 5) is 16.1. The number of aromatic nitrogens is 4. The average molecular weight is 260 g/mol. The maximum Gasteiger partial charge on any atom is 0.226 e. The highest BCUT2D eigenvalue weighted by molar-refractivity contribution is 5.84. The van der Waals surface area contributed by atoms with Gasteiger partial charge in [-0.2, -0.15) is 9.97 Å². The van der Waals surface area contributed by atoms with Crippen LogP contribution in [0.5, 0.6) is 0 Å². The number of hydrogen-bond acceptors (Lipinski definition) is 5. The maximum atomic E-state index is 4.50. The fraction of sp³-hybridized carbons (Fsp3) is 0.615. The molecule has 0 atom stereocenters. The van der Waals surface area contributed by atoms with Crippen LogP contribution < -0.4 is 10.6 Å². The van der Waals surface area contributed by atoms with Crippen molar-refractivity contribution in [2.75, 3.05) is 17.7 Å². The lowest BCUT2D eigenvalue weighted by molar-refractivity contribution is 0.457. The van der Waals surface area contributed by atoms with E-state index in [1.165, 1.54) is 0 Å². The first-order chi connectivity index (χ1) is 8.88. The van der Waals surface area contributed by atoms with Crippen molar-refractivity contribution in [1.29, 1.82) is 0 Å². The van der Waals surface area contributed by atoms with E-state index in [1.807, 2.05) is 7.05 Å². The van der Waals surface area contributed by atoms with Gasteiger partial charge in [-0.3, -0.25) is 0 Å². The van der Waals surface area contributed by atoms with Gasteiger partial charge in [0.15, 0.2) is 11.5 Å². The molecule has 1 fully saturated rings. The van der Waals surface area contributed by atoms with Crippen molar-refractivity contribution in [2.45, 2.75) is 33.7 Å². The van der Waals surface area contributed by atoms with Gasteiger partial charge >= 0.3 is 0 Å². The van der Waals surface area contributed by atoms with Gasteiger partial charge < -0.3 is 15.6 Å². The minimum absolute atomic E-state index is 0.254. The smallest absolute Gasteiger partial charge is 0.226 e. The zero-order valence-electron chi connectivity index (χ0n) is 12.0. The highest BCUT2D eigenvalue weighted by atomic mass is 15.2. The van der Waals surface area contributed by atoms with E-state index in [-0.39, 0.29) is 10.8 Å². The topological polar surface area (TPSA) is 78.5 Å². The average Bonchev–Trinajstić information content (AvgIpc) is 2.77. The summed E-state index contributed by atoms with van der Waals surface area (Å²) in [6.07, 6.45) is 1.65. The quantitative estimate of drug-likeness (QED) is 0.789. The number of imidazole rings is 1. The molecule has 2 heterocycles. The maximum absolute atomic E-state index is 4.50. The summed E-state index contributed by atoms with van der Waals surface area (Å²) in [6.45, 7) is 9.09. The summed E-state index contributed by atoms with van der Waals surface area (Å²) in [5.41, 5.74) is 2.05. The van der Waals surface area contributed by atoms with Gasteiger partial charge in [0.05, 0.1) is 6.33 Å². The van der Waals surface area contributed by atoms with Gasteiger partial charge in [0.2, 0.25) is 5.95 Å². The molecule has 2 aromatic rings. The number of fused-ring (bicyclic) bond motifs is 1. The van der Waals surface area contributed by atoms with Crippen LogP contribution in [0.15, 0.2) is 6.33 Å². The SMILES string of the molecule is CNc1nc(NC2C(C)(C)C2(C)C)c2[nH]cnc2n1. The van der Waals surface area contributed by atoms with Gasteiger partial charge in [0.25, 0.3) is 0 Å². The largest absolute Gasteiger partial charge is 0.364 e. The fourth-order valence-corrected chi connectivity index (χ4v) is 2.74. The highest BCUT2D eigenvalue weighted by Gasteiger charge is 2.65. The molecule has 6 heteroatoms. The third kappa shape index (κ3) is 1.59. The Morgan fingerprint density at radius 3 is 2.42 bits per heavy atom. The Kier molecular flexibility index (Phi) is 2.30. The Balaban J connectivity index is 1.99. The Bertz CT molecular complexity index is 613. The van der Waals surface area contributed by atoms with Crippen molar-refractivity contribution >= 4 is 22.9 Å². The molecule has 0 saturated heterocycles. The van der Waals surface area contributed by atoms with Crippen molar-refractivity contribution in [3.05, 3.63) is 6.33 Å². The molecule has 6 nitrogen and oxygen atoms in total. The third-order valence-electron chi connectivity index (χ3n) is 4.81. The lowest BCUT2D eigenvalue weighted by atomic mass is 10.0. The van der Waals surface area contributed by atoms with E-state index < -0.39 is 0 Å². The van der Waals surface area contributed by atoms with Crippen LogP contribution >= 0.6 is 0 Å². The molecule has 102 valence electrons. The summed E-state index contributed by atoms with van der Waals surface area (Å²) < 4.78 is 0. The second kappa shape index (κ2) is 3.59. The van der Waals surface area contributed by atoms with Crippen molar-refractivity contribution in [2.24, 2.45) is 10.8 Å². The number of rotatable bonds is 3. The predicted octanol–water partition coefficient (Wildman–Crippen LogP) is 2.24. The summed E-state index contributed by atoms with van der Waals surface area (Å²) in [6, 6.07) is 0.395. The van der Waals surface area contributed by atoms with Crippen LogP contribution in [0.2, 0.25) is 0 Å². The lowest BCUT2D eigenvalue weighted by Gasteiger charge is -2.09. The van der Waals surface area contributed by atoms with Gasteiger partial charge in [0.1, 0.15) is 5.52 Å². The van der Waals surface area contributed by atoms with E-state index in [4.69, 9.17) is 0 Å². The number of aromatic amines is 1. The van der Waals surface area contributed by atoms with E-state index in [2.05, 4.69) is 58.3 Å². The van der Waals surface area contributed by atoms with Gasteiger partial charge in [-0.05, 0) is 10.8 Å². The summed E-state index contributed by atoms with van der Waals surface area (Å²) >= 11 is 0. The Hall–Kier alpha value is -1.85. The monoisotopic (exact) mass is 260 g/mol. The molecule has 1 aliphatic rings. The predicted molar refractivity (Wildman–Crippen MR) is 76.2 cm³/mol. The number of anilines is 2. The van der Waals surface area contributed by atoms with Gasteiger partial charge in [-0.15, -0.1) is 0 Å². The molecule has 0 amide bonds. The number of H-pyrrole nitrogens is 1. The molecule has 0 aliphatic heterocycles. The lowest BCUT2D eigenvalue weighted by Crippen LogP contribution is -2.13. The summed E-state index contributed by atoms with van der Waals surface area (Å²) in [7, 11) is 1.81. The minimum Gasteiger partial charge on any atom is -0.364 e. The standard InChI is InChI=1S/C13H20N6/c1-12(2)10(13(12,3)4)17-9-7-8(16-6-15-7)18-11(14-5)19-9/h6,10H,1-5H3,(H3,14,15,16,17,18,19). The molecule has 0 unspecified atom stereocenters. The van der Waals surface area contributed by atoms with E-state index in [0.717, 1.165) is 11.3 Å². The first-order valence-corrected chi connectivity index (χ1v) is 6.53. The first-order valence-electron chi connectivity index (χ1n) is 6.53. The molecular formula is C13H20N6. The summed E-state index contributed by atoms with van der Waals surface area (Å²) in [5.74, 6) is 1.40. The Labute approximate surface area is 112 Å². The van der Waals surface area contributed by atoms with Crippen LogP contribution in [0.4, 0.5) is 11.8 Å². The Morgan fingerprint density at radius 2 is 1.84 bits per heavy atom. The second-order valence-corrected chi connectivity index (χ2v) is 6.27. The van der Waals surface area contributed by atoms with Crippen LogP contribution in [0, 0.1) is 10.8 Å². The second-order valence-electron chi connectivity index (χ2n) is 6.27. The van der Waals surface area contributed by atoms with Crippen LogP contribution in [0.25, 0.3) is 11.2 Å². The van der Waals surface area contributed by atoms with Crippen molar-refractivity contribution < 1.29 is 0 Å². The molecule has 0 bridgehead atoms. The molecule has 0 aromatic carbocycles. The minimum atomic E-state index is 0.254. The molecular weight excluding hydrogens is 240 g/mol. The normalized spacial score (nSPS) is 20.5. The molecule has 0 radical (unpaired) electrons. The van der Waals surface area contributed by atoms with E-state index in [9.17, 15) is 0 Å². The van der Waals surface area contributed by atoms with Gasteiger partial charge in [0, 0.05) is 13.1 Å². The molecule has 0 spiro atoms. The first kappa shape index (κ1) is 12.2. The van der Waals surface area contributed by atoms with Crippen LogP contribution in [0.1, 0.15) is 27.7 Å². The van der Waals surface area contributed by atoms with E-state index in [0.29, 0.717) is 17.6 Å². The van der Waals surface area contributed by atoms with Gasteiger partial charge in [-0.1, -0.05) is 27.7 Å². The van der Waals surface area contributed by atoms with Crippen LogP contribution in [-0.2, 0) is 0 Å². The third-order valence-corrected chi connectivity index (χ3v) is 4.81. The van der Waals surface area contributed by atoms with E-state index in [1.54, 1.807) is 6.33 Å². The van der Waals surface area contributed by atoms with E-state index >= 15 is 0 Å². The Morgan fingerprint density at radius 1 is 1.16 bits per heavy atom. The molecule has 1 saturated carbocycles. The zero-order chi connectivity index (χ0) is 13.8. The molecule has 2 aromatic heterocycles. The molecule has 3 rings (SSSR count). The molecule has 19 heavy (non-hydrogen) atoms. The van der Waals surface area contributed by atoms with Crippen molar-refractivity contribution in [3.63, 3.8) is 0 Å². The van der Waals surface area contributed by atoms with Gasteiger partial charge in [-0.25, -0.2) is 4.98 Å².